The molecule has 0 spiro atoms. The molecule has 27 heavy (non-hydrogen) atoms. The Kier molecular flexibility index (Phi) is 6.99. The standard InChI is InChI=1S/C17H19F2N3O3S.ClH/c1-20-9-11-25-12-10-21-15-7-2-3-8-16(15)22(26(21,23)24)17-13(18)5-4-6-14(17)19;/h2-8,20H,9-12H2,1H3;1H. The van der Waals surface area contributed by atoms with Gasteiger partial charge in [0.15, 0.2) is 11.6 Å². The van der Waals surface area contributed by atoms with Gasteiger partial charge in [0.2, 0.25) is 0 Å². The van der Waals surface area contributed by atoms with Gasteiger partial charge in [0.1, 0.15) is 5.69 Å². The number of para-hydroxylation sites is 3. The molecular weight excluding hydrogens is 400 g/mol. The van der Waals surface area contributed by atoms with Crippen LogP contribution in [0.5, 0.6) is 0 Å². The van der Waals surface area contributed by atoms with Crippen molar-refractivity contribution in [2.24, 2.45) is 0 Å². The van der Waals surface area contributed by atoms with Gasteiger partial charge in [-0.1, -0.05) is 18.2 Å². The summed E-state index contributed by atoms with van der Waals surface area (Å²) in [5.74, 6) is -1.90. The molecule has 2 aromatic carbocycles. The molecule has 1 aliphatic heterocycles. The van der Waals surface area contributed by atoms with Gasteiger partial charge < -0.3 is 10.1 Å². The summed E-state index contributed by atoms with van der Waals surface area (Å²) in [6, 6.07) is 9.65. The summed E-state index contributed by atoms with van der Waals surface area (Å²) in [7, 11) is -2.40. The molecule has 0 aromatic heterocycles. The molecule has 1 heterocycles. The van der Waals surface area contributed by atoms with E-state index < -0.39 is 27.5 Å². The van der Waals surface area contributed by atoms with Gasteiger partial charge in [0.25, 0.3) is 0 Å². The van der Waals surface area contributed by atoms with E-state index >= 15 is 0 Å². The quantitative estimate of drug-likeness (QED) is 0.701. The number of nitrogens with one attached hydrogen (secondary N) is 1. The fourth-order valence-corrected chi connectivity index (χ4v) is 4.49. The average Bonchev–Trinajstić information content (AvgIpc) is 2.82. The lowest BCUT2D eigenvalue weighted by Gasteiger charge is -2.22. The van der Waals surface area contributed by atoms with Gasteiger partial charge in [-0.3, -0.25) is 0 Å². The Morgan fingerprint density at radius 3 is 2.26 bits per heavy atom. The maximum Gasteiger partial charge on any atom is 0.331 e. The molecule has 1 aliphatic rings. The molecule has 0 amide bonds. The number of rotatable bonds is 7. The first-order valence-electron chi connectivity index (χ1n) is 8.07. The topological polar surface area (TPSA) is 61.9 Å². The number of fused-ring (bicyclic) bond motifs is 1. The Bertz CT molecular complexity index is 878. The summed E-state index contributed by atoms with van der Waals surface area (Å²) in [4.78, 5) is 0. The summed E-state index contributed by atoms with van der Waals surface area (Å²) in [6.45, 7) is 1.26. The third kappa shape index (κ3) is 4.01. The maximum absolute atomic E-state index is 14.3. The van der Waals surface area contributed by atoms with E-state index in [2.05, 4.69) is 5.32 Å². The highest BCUT2D eigenvalue weighted by Gasteiger charge is 2.43. The second kappa shape index (κ2) is 8.83. The number of hydrogen-bond acceptors (Lipinski definition) is 4. The fourth-order valence-electron chi connectivity index (χ4n) is 2.77. The normalized spacial score (nSPS) is 14.8. The molecular formula is C17H20ClF2N3O3S. The van der Waals surface area contributed by atoms with Crippen molar-refractivity contribution in [1.82, 2.24) is 5.32 Å². The van der Waals surface area contributed by atoms with Gasteiger partial charge in [-0.2, -0.15) is 8.42 Å². The van der Waals surface area contributed by atoms with Gasteiger partial charge in [0.05, 0.1) is 31.1 Å². The van der Waals surface area contributed by atoms with Crippen LogP contribution in [0.3, 0.4) is 0 Å². The Morgan fingerprint density at radius 1 is 1.00 bits per heavy atom. The molecule has 0 aliphatic carbocycles. The molecule has 0 saturated carbocycles. The number of benzene rings is 2. The lowest BCUT2D eigenvalue weighted by molar-refractivity contribution is 0.145. The molecule has 0 bridgehead atoms. The third-order valence-corrected chi connectivity index (χ3v) is 5.73. The minimum atomic E-state index is -4.19. The van der Waals surface area contributed by atoms with Crippen LogP contribution < -0.4 is 13.9 Å². The molecule has 0 atom stereocenters. The average molecular weight is 420 g/mol. The summed E-state index contributed by atoms with van der Waals surface area (Å²) in [5, 5.41) is 2.92. The van der Waals surface area contributed by atoms with E-state index in [1.807, 2.05) is 0 Å². The zero-order valence-corrected chi connectivity index (χ0v) is 16.2. The van der Waals surface area contributed by atoms with Crippen LogP contribution >= 0.6 is 12.4 Å². The number of ether oxygens (including phenoxy) is 1. The highest BCUT2D eigenvalue weighted by atomic mass is 35.5. The van der Waals surface area contributed by atoms with Gasteiger partial charge in [-0.15, -0.1) is 12.4 Å². The predicted molar refractivity (Wildman–Crippen MR) is 103 cm³/mol. The highest BCUT2D eigenvalue weighted by Crippen LogP contribution is 2.46. The molecule has 6 nitrogen and oxygen atoms in total. The van der Waals surface area contributed by atoms with Crippen molar-refractivity contribution < 1.29 is 21.9 Å². The van der Waals surface area contributed by atoms with Crippen molar-refractivity contribution in [2.75, 3.05) is 42.0 Å². The van der Waals surface area contributed by atoms with Crippen LogP contribution in [0.1, 0.15) is 0 Å². The van der Waals surface area contributed by atoms with Gasteiger partial charge in [0, 0.05) is 6.54 Å². The van der Waals surface area contributed by atoms with Gasteiger partial charge in [-0.05, 0) is 31.3 Å². The first-order chi connectivity index (χ1) is 12.5. The number of anilines is 3. The Labute approximate surface area is 163 Å². The first kappa shape index (κ1) is 21.4. The Morgan fingerprint density at radius 2 is 1.63 bits per heavy atom. The third-order valence-electron chi connectivity index (χ3n) is 3.95. The van der Waals surface area contributed by atoms with Crippen LogP contribution in [-0.4, -0.2) is 41.8 Å². The molecule has 0 fully saturated rings. The van der Waals surface area contributed by atoms with E-state index in [9.17, 15) is 17.2 Å². The van der Waals surface area contributed by atoms with Crippen molar-refractivity contribution in [2.45, 2.75) is 0 Å². The summed E-state index contributed by atoms with van der Waals surface area (Å²) in [5.41, 5.74) is -0.0577. The second-order valence-electron chi connectivity index (χ2n) is 5.62. The first-order valence-corrected chi connectivity index (χ1v) is 9.46. The number of nitrogens with zero attached hydrogens (tertiary/aromatic N) is 2. The van der Waals surface area contributed by atoms with Crippen molar-refractivity contribution in [3.63, 3.8) is 0 Å². The number of likely N-dealkylation sites (N-methyl/N-ethyl adjacent to an activating group) is 1. The van der Waals surface area contributed by atoms with E-state index in [0.29, 0.717) is 23.1 Å². The molecule has 0 unspecified atom stereocenters. The maximum atomic E-state index is 14.3. The van der Waals surface area contributed by atoms with Crippen molar-refractivity contribution in [1.29, 1.82) is 0 Å². The van der Waals surface area contributed by atoms with E-state index in [1.54, 1.807) is 25.2 Å². The Balaban J connectivity index is 0.00000261. The molecule has 0 saturated heterocycles. The summed E-state index contributed by atoms with van der Waals surface area (Å²) in [6.07, 6.45) is 0. The molecule has 10 heteroatoms. The fraction of sp³-hybridized carbons (Fsp3) is 0.294. The van der Waals surface area contributed by atoms with E-state index in [0.717, 1.165) is 16.4 Å². The van der Waals surface area contributed by atoms with Crippen LogP contribution in [-0.2, 0) is 14.9 Å². The minimum absolute atomic E-state index is 0. The molecule has 2 aromatic rings. The van der Waals surface area contributed by atoms with Crippen molar-refractivity contribution in [3.05, 3.63) is 54.1 Å². The van der Waals surface area contributed by atoms with Crippen LogP contribution in [0, 0.1) is 11.6 Å². The lowest BCUT2D eigenvalue weighted by atomic mass is 10.2. The van der Waals surface area contributed by atoms with Crippen molar-refractivity contribution in [3.8, 4) is 0 Å². The van der Waals surface area contributed by atoms with Crippen LogP contribution in [0.4, 0.5) is 25.8 Å². The van der Waals surface area contributed by atoms with Crippen molar-refractivity contribution >= 4 is 39.7 Å². The van der Waals surface area contributed by atoms with E-state index in [-0.39, 0.29) is 31.2 Å². The molecule has 0 radical (unpaired) electrons. The zero-order valence-electron chi connectivity index (χ0n) is 14.6. The highest BCUT2D eigenvalue weighted by molar-refractivity contribution is 7.95. The van der Waals surface area contributed by atoms with Crippen LogP contribution in [0.2, 0.25) is 0 Å². The molecule has 148 valence electrons. The van der Waals surface area contributed by atoms with Crippen LogP contribution in [0.25, 0.3) is 0 Å². The Hall–Kier alpha value is -1.94. The van der Waals surface area contributed by atoms with Gasteiger partial charge >= 0.3 is 10.2 Å². The largest absolute Gasteiger partial charge is 0.378 e. The SMILES string of the molecule is CNCCOCCN1c2ccccc2N(c2c(F)cccc2F)S1(=O)=O.Cl. The summed E-state index contributed by atoms with van der Waals surface area (Å²) >= 11 is 0. The zero-order chi connectivity index (χ0) is 18.7. The molecule has 1 N–H and O–H groups in total. The smallest absolute Gasteiger partial charge is 0.331 e. The number of hydrogen-bond donors (Lipinski definition) is 1. The summed E-state index contributed by atoms with van der Waals surface area (Å²) < 4.78 is 61.8. The monoisotopic (exact) mass is 419 g/mol. The lowest BCUT2D eigenvalue weighted by Crippen LogP contribution is -2.38. The minimum Gasteiger partial charge on any atom is -0.378 e. The van der Waals surface area contributed by atoms with E-state index in [4.69, 9.17) is 4.74 Å². The van der Waals surface area contributed by atoms with Gasteiger partial charge in [-0.25, -0.2) is 17.4 Å². The van der Waals surface area contributed by atoms with E-state index in [1.165, 1.54) is 12.1 Å². The van der Waals surface area contributed by atoms with Crippen LogP contribution in [0.15, 0.2) is 42.5 Å². The second-order valence-corrected chi connectivity index (χ2v) is 7.32. The predicted octanol–water partition coefficient (Wildman–Crippen LogP) is 2.83. The number of halogens is 3. The molecule has 3 rings (SSSR count).